The zero-order valence-electron chi connectivity index (χ0n) is 16.1. The second kappa shape index (κ2) is 10.1. The van der Waals surface area contributed by atoms with Crippen molar-refractivity contribution >= 4 is 28.5 Å². The Morgan fingerprint density at radius 3 is 2.43 bits per heavy atom. The lowest BCUT2D eigenvalue weighted by molar-refractivity contribution is 0.0162. The Balaban J connectivity index is 1.76. The Morgan fingerprint density at radius 2 is 1.79 bits per heavy atom. The molecule has 1 atom stereocenters. The molecule has 150 valence electrons. The van der Waals surface area contributed by atoms with E-state index in [4.69, 9.17) is 14.2 Å². The number of nitrogens with zero attached hydrogens (tertiary/aromatic N) is 1. The fourth-order valence-electron chi connectivity index (χ4n) is 3.33. The van der Waals surface area contributed by atoms with Gasteiger partial charge in [-0.2, -0.15) is 0 Å². The summed E-state index contributed by atoms with van der Waals surface area (Å²) in [5.41, 5.74) is 1.76. The SMILES string of the molecule is COc1cc(I)c(C(=O)NCC(c2ccccc2)N2CCOCC2)cc1OC. The molecule has 0 radical (unpaired) electrons. The predicted octanol–water partition coefficient (Wildman–Crippen LogP) is 3.11. The van der Waals surface area contributed by atoms with Crippen molar-refractivity contribution in [3.8, 4) is 11.5 Å². The van der Waals surface area contributed by atoms with E-state index in [1.165, 1.54) is 5.56 Å². The van der Waals surface area contributed by atoms with Gasteiger partial charge in [-0.25, -0.2) is 0 Å². The van der Waals surface area contributed by atoms with Crippen LogP contribution in [0.5, 0.6) is 11.5 Å². The highest BCUT2D eigenvalue weighted by Crippen LogP contribution is 2.31. The number of amides is 1. The van der Waals surface area contributed by atoms with E-state index >= 15 is 0 Å². The maximum Gasteiger partial charge on any atom is 0.252 e. The van der Waals surface area contributed by atoms with Crippen molar-refractivity contribution in [2.45, 2.75) is 6.04 Å². The van der Waals surface area contributed by atoms with Gasteiger partial charge in [-0.15, -0.1) is 0 Å². The Morgan fingerprint density at radius 1 is 1.14 bits per heavy atom. The van der Waals surface area contributed by atoms with Gasteiger partial charge in [-0.3, -0.25) is 9.69 Å². The summed E-state index contributed by atoms with van der Waals surface area (Å²) in [6, 6.07) is 13.9. The van der Waals surface area contributed by atoms with Gasteiger partial charge in [0.1, 0.15) is 0 Å². The molecule has 1 heterocycles. The van der Waals surface area contributed by atoms with E-state index in [0.717, 1.165) is 16.7 Å². The van der Waals surface area contributed by atoms with E-state index < -0.39 is 0 Å². The minimum Gasteiger partial charge on any atom is -0.493 e. The monoisotopic (exact) mass is 496 g/mol. The third-order valence-electron chi connectivity index (χ3n) is 4.84. The number of rotatable bonds is 7. The summed E-state index contributed by atoms with van der Waals surface area (Å²) < 4.78 is 17.0. The lowest BCUT2D eigenvalue weighted by Gasteiger charge is -2.35. The van der Waals surface area contributed by atoms with Gasteiger partial charge in [0.25, 0.3) is 5.91 Å². The maximum absolute atomic E-state index is 12.9. The number of benzene rings is 2. The van der Waals surface area contributed by atoms with Crippen LogP contribution in [-0.4, -0.2) is 57.9 Å². The summed E-state index contributed by atoms with van der Waals surface area (Å²) in [7, 11) is 3.15. The molecular formula is C21H25IN2O4. The average molecular weight is 496 g/mol. The zero-order valence-corrected chi connectivity index (χ0v) is 18.3. The molecule has 1 aliphatic rings. The second-order valence-electron chi connectivity index (χ2n) is 6.47. The number of hydrogen-bond donors (Lipinski definition) is 1. The van der Waals surface area contributed by atoms with E-state index in [1.807, 2.05) is 24.3 Å². The van der Waals surface area contributed by atoms with Crippen molar-refractivity contribution in [2.75, 3.05) is 47.1 Å². The normalized spacial score (nSPS) is 15.7. The first-order chi connectivity index (χ1) is 13.6. The Labute approximate surface area is 179 Å². The van der Waals surface area contributed by atoms with Crippen LogP contribution in [0.3, 0.4) is 0 Å². The van der Waals surface area contributed by atoms with Crippen LogP contribution in [0, 0.1) is 3.57 Å². The summed E-state index contributed by atoms with van der Waals surface area (Å²) in [5, 5.41) is 3.10. The first kappa shape index (κ1) is 20.9. The molecule has 3 rings (SSSR count). The summed E-state index contributed by atoms with van der Waals surface area (Å²) in [4.78, 5) is 15.3. The first-order valence-electron chi connectivity index (χ1n) is 9.20. The molecule has 7 heteroatoms. The molecule has 0 aliphatic carbocycles. The third kappa shape index (κ3) is 4.95. The van der Waals surface area contributed by atoms with Gasteiger partial charge in [-0.1, -0.05) is 30.3 Å². The number of methoxy groups -OCH3 is 2. The van der Waals surface area contributed by atoms with Crippen molar-refractivity contribution < 1.29 is 19.0 Å². The number of ether oxygens (including phenoxy) is 3. The number of nitrogens with one attached hydrogen (secondary N) is 1. The van der Waals surface area contributed by atoms with Gasteiger partial charge >= 0.3 is 0 Å². The molecule has 0 saturated carbocycles. The van der Waals surface area contributed by atoms with Crippen LogP contribution in [0.4, 0.5) is 0 Å². The van der Waals surface area contributed by atoms with Crippen molar-refractivity contribution in [1.82, 2.24) is 10.2 Å². The average Bonchev–Trinajstić information content (AvgIpc) is 2.75. The Hall–Kier alpha value is -1.84. The first-order valence-corrected chi connectivity index (χ1v) is 10.3. The lowest BCUT2D eigenvalue weighted by Crippen LogP contribution is -2.43. The molecule has 6 nitrogen and oxygen atoms in total. The standard InChI is InChI=1S/C21H25IN2O4/c1-26-19-12-16(17(22)13-20(19)27-2)21(25)23-14-18(15-6-4-3-5-7-15)24-8-10-28-11-9-24/h3-7,12-13,18H,8-11,14H2,1-2H3,(H,23,25). The van der Waals surface area contributed by atoms with Gasteiger partial charge in [0.05, 0.1) is 39.0 Å². The van der Waals surface area contributed by atoms with Crippen molar-refractivity contribution in [3.63, 3.8) is 0 Å². The molecule has 2 aromatic rings. The number of carbonyl (C=O) groups excluding carboxylic acids is 1. The molecule has 1 fully saturated rings. The van der Waals surface area contributed by atoms with Crippen molar-refractivity contribution in [3.05, 3.63) is 57.2 Å². The molecule has 0 bridgehead atoms. The van der Waals surface area contributed by atoms with Gasteiger partial charge in [0, 0.05) is 23.2 Å². The van der Waals surface area contributed by atoms with Crippen LogP contribution in [0.2, 0.25) is 0 Å². The molecule has 0 spiro atoms. The van der Waals surface area contributed by atoms with Crippen LogP contribution in [0.15, 0.2) is 42.5 Å². The maximum atomic E-state index is 12.9. The summed E-state index contributed by atoms with van der Waals surface area (Å²) in [6.45, 7) is 3.65. The smallest absolute Gasteiger partial charge is 0.252 e. The lowest BCUT2D eigenvalue weighted by atomic mass is 10.0. The molecule has 1 amide bonds. The predicted molar refractivity (Wildman–Crippen MR) is 116 cm³/mol. The number of hydrogen-bond acceptors (Lipinski definition) is 5. The van der Waals surface area contributed by atoms with Crippen LogP contribution < -0.4 is 14.8 Å². The van der Waals surface area contributed by atoms with Crippen molar-refractivity contribution in [1.29, 1.82) is 0 Å². The molecule has 0 aromatic heterocycles. The van der Waals surface area contributed by atoms with Crippen LogP contribution in [0.25, 0.3) is 0 Å². The number of morpholine rings is 1. The van der Waals surface area contributed by atoms with E-state index in [-0.39, 0.29) is 11.9 Å². The minimum absolute atomic E-state index is 0.104. The summed E-state index contributed by atoms with van der Waals surface area (Å²) >= 11 is 2.15. The van der Waals surface area contributed by atoms with E-state index in [1.54, 1.807) is 20.3 Å². The summed E-state index contributed by atoms with van der Waals surface area (Å²) in [5.74, 6) is 1.03. The topological polar surface area (TPSA) is 60.0 Å². The molecule has 1 saturated heterocycles. The van der Waals surface area contributed by atoms with Crippen LogP contribution >= 0.6 is 22.6 Å². The van der Waals surface area contributed by atoms with E-state index in [2.05, 4.69) is 44.9 Å². The Kier molecular flexibility index (Phi) is 7.52. The van der Waals surface area contributed by atoms with Gasteiger partial charge in [0.2, 0.25) is 0 Å². The number of carbonyl (C=O) groups is 1. The fourth-order valence-corrected chi connectivity index (χ4v) is 4.02. The highest BCUT2D eigenvalue weighted by atomic mass is 127. The molecule has 1 unspecified atom stereocenters. The molecular weight excluding hydrogens is 471 g/mol. The largest absolute Gasteiger partial charge is 0.493 e. The molecule has 1 aliphatic heterocycles. The van der Waals surface area contributed by atoms with Gasteiger partial charge in [-0.05, 0) is 40.3 Å². The van der Waals surface area contributed by atoms with Crippen LogP contribution in [0.1, 0.15) is 22.0 Å². The van der Waals surface area contributed by atoms with Gasteiger partial charge in [0.15, 0.2) is 11.5 Å². The van der Waals surface area contributed by atoms with Gasteiger partial charge < -0.3 is 19.5 Å². The Bertz CT molecular complexity index is 794. The zero-order chi connectivity index (χ0) is 19.9. The minimum atomic E-state index is -0.125. The molecule has 1 N–H and O–H groups in total. The highest BCUT2D eigenvalue weighted by Gasteiger charge is 2.24. The highest BCUT2D eigenvalue weighted by molar-refractivity contribution is 14.1. The second-order valence-corrected chi connectivity index (χ2v) is 7.63. The molecule has 28 heavy (non-hydrogen) atoms. The van der Waals surface area contributed by atoms with E-state index in [0.29, 0.717) is 36.8 Å². The van der Waals surface area contributed by atoms with Crippen LogP contribution in [-0.2, 0) is 4.74 Å². The van der Waals surface area contributed by atoms with Crippen molar-refractivity contribution in [2.24, 2.45) is 0 Å². The number of halogens is 1. The quantitative estimate of drug-likeness (QED) is 0.598. The molecule has 2 aromatic carbocycles. The summed E-state index contributed by atoms with van der Waals surface area (Å²) in [6.07, 6.45) is 0. The van der Waals surface area contributed by atoms with E-state index in [9.17, 15) is 4.79 Å². The third-order valence-corrected chi connectivity index (χ3v) is 5.74. The fraction of sp³-hybridized carbons (Fsp3) is 0.381.